The molecule has 5 atom stereocenters. The first-order chi connectivity index (χ1) is 11.6. The highest BCUT2D eigenvalue weighted by Crippen LogP contribution is 2.48. The number of carbonyl (C=O) groups excluding carboxylic acids is 3. The fourth-order valence-corrected chi connectivity index (χ4v) is 4.21. The van der Waals surface area contributed by atoms with E-state index in [-0.39, 0.29) is 73.2 Å². The minimum absolute atomic E-state index is 0. The van der Waals surface area contributed by atoms with Crippen molar-refractivity contribution in [2.24, 2.45) is 17.6 Å². The number of imide groups is 1. The van der Waals surface area contributed by atoms with Crippen LogP contribution in [0.1, 0.15) is 45.4 Å². The Morgan fingerprint density at radius 1 is 1.28 bits per heavy atom. The molecule has 142 valence electrons. The molecule has 8 heteroatoms. The molecule has 25 heavy (non-hydrogen) atoms. The number of fused-ring (bicyclic) bond motifs is 5. The summed E-state index contributed by atoms with van der Waals surface area (Å²) in [5.74, 6) is -1.11. The number of hydrogen-bond donors (Lipinski definition) is 2. The number of amides is 3. The lowest BCUT2D eigenvalue weighted by atomic mass is 9.81. The molecule has 3 aliphatic rings. The van der Waals surface area contributed by atoms with Gasteiger partial charge in [-0.25, -0.2) is 0 Å². The molecule has 3 N–H and O–H groups in total. The molecule has 3 amide bonds. The summed E-state index contributed by atoms with van der Waals surface area (Å²) in [6, 6.07) is -0.0361. The number of nitrogens with zero attached hydrogens (tertiary/aromatic N) is 1. The first-order valence-corrected chi connectivity index (χ1v) is 9.07. The van der Waals surface area contributed by atoms with E-state index in [1.807, 2.05) is 0 Å². The van der Waals surface area contributed by atoms with Crippen molar-refractivity contribution < 1.29 is 19.1 Å². The molecule has 3 rings (SSSR count). The standard InChI is InChI=1S/C17H27N3O4.ClH/c1-2-3-4-10(9-18)19-13(21)7-8-20-16(22)14-11-5-6-12(24-11)15(14)17(20)23;/h10-12,14-15H,2-9,18H2,1H3,(H,19,21);1H. The van der Waals surface area contributed by atoms with E-state index in [0.29, 0.717) is 6.54 Å². The van der Waals surface area contributed by atoms with Crippen LogP contribution in [0.3, 0.4) is 0 Å². The molecule has 0 aromatic rings. The van der Waals surface area contributed by atoms with Gasteiger partial charge in [0, 0.05) is 25.6 Å². The number of hydrogen-bond acceptors (Lipinski definition) is 5. The maximum atomic E-state index is 12.5. The van der Waals surface area contributed by atoms with E-state index in [1.165, 1.54) is 4.90 Å². The van der Waals surface area contributed by atoms with Crippen molar-refractivity contribution in [3.8, 4) is 0 Å². The number of carbonyl (C=O) groups is 3. The van der Waals surface area contributed by atoms with Gasteiger partial charge in [0.05, 0.1) is 24.0 Å². The number of nitrogens with two attached hydrogens (primary N) is 1. The number of likely N-dealkylation sites (tertiary alicyclic amines) is 1. The number of unbranched alkanes of at least 4 members (excludes halogenated alkanes) is 1. The van der Waals surface area contributed by atoms with Crippen LogP contribution in [0.2, 0.25) is 0 Å². The average Bonchev–Trinajstić information content (AvgIpc) is 3.24. The van der Waals surface area contributed by atoms with Gasteiger partial charge in [-0.2, -0.15) is 0 Å². The van der Waals surface area contributed by atoms with Gasteiger partial charge in [-0.3, -0.25) is 19.3 Å². The maximum Gasteiger partial charge on any atom is 0.235 e. The molecule has 3 aliphatic heterocycles. The Labute approximate surface area is 154 Å². The topological polar surface area (TPSA) is 102 Å². The lowest BCUT2D eigenvalue weighted by Crippen LogP contribution is -2.42. The van der Waals surface area contributed by atoms with Gasteiger partial charge in [0.15, 0.2) is 0 Å². The smallest absolute Gasteiger partial charge is 0.235 e. The van der Waals surface area contributed by atoms with Gasteiger partial charge in [-0.1, -0.05) is 19.8 Å². The Hall–Kier alpha value is -1.18. The summed E-state index contributed by atoms with van der Waals surface area (Å²) in [4.78, 5) is 38.3. The SMILES string of the molecule is CCCCC(CN)NC(=O)CCN1C(=O)C2C3CCC(O3)C2C1=O.Cl. The normalized spacial score (nSPS) is 31.0. The van der Waals surface area contributed by atoms with Crippen LogP contribution in [0.5, 0.6) is 0 Å². The van der Waals surface area contributed by atoms with Crippen LogP contribution in [-0.2, 0) is 19.1 Å². The first-order valence-electron chi connectivity index (χ1n) is 9.07. The maximum absolute atomic E-state index is 12.5. The highest BCUT2D eigenvalue weighted by Gasteiger charge is 2.62. The second-order valence-electron chi connectivity index (χ2n) is 7.06. The lowest BCUT2D eigenvalue weighted by Gasteiger charge is -2.19. The van der Waals surface area contributed by atoms with E-state index in [4.69, 9.17) is 10.5 Å². The van der Waals surface area contributed by atoms with Crippen molar-refractivity contribution in [3.05, 3.63) is 0 Å². The minimum atomic E-state index is -0.319. The second kappa shape index (κ2) is 8.47. The van der Waals surface area contributed by atoms with Crippen molar-refractivity contribution >= 4 is 30.1 Å². The zero-order valence-corrected chi connectivity index (χ0v) is 15.4. The Morgan fingerprint density at radius 3 is 2.40 bits per heavy atom. The number of rotatable bonds is 8. The van der Waals surface area contributed by atoms with Crippen LogP contribution < -0.4 is 11.1 Å². The molecule has 3 saturated heterocycles. The Kier molecular flexibility index (Phi) is 6.82. The molecule has 7 nitrogen and oxygen atoms in total. The molecule has 0 aromatic carbocycles. The highest BCUT2D eigenvalue weighted by molar-refractivity contribution is 6.06. The first kappa shape index (κ1) is 20.1. The number of halogens is 1. The molecule has 3 heterocycles. The summed E-state index contributed by atoms with van der Waals surface area (Å²) in [6.45, 7) is 2.65. The summed E-state index contributed by atoms with van der Waals surface area (Å²) >= 11 is 0. The van der Waals surface area contributed by atoms with Gasteiger partial charge in [0.25, 0.3) is 0 Å². The van der Waals surface area contributed by atoms with Gasteiger partial charge in [0.1, 0.15) is 0 Å². The van der Waals surface area contributed by atoms with Crippen LogP contribution in [0.15, 0.2) is 0 Å². The predicted octanol–water partition coefficient (Wildman–Crippen LogP) is 0.594. The lowest BCUT2D eigenvalue weighted by molar-refractivity contribution is -0.142. The molecular formula is C17H28ClN3O4. The third-order valence-corrected chi connectivity index (χ3v) is 5.49. The number of ether oxygens (including phenoxy) is 1. The Morgan fingerprint density at radius 2 is 1.88 bits per heavy atom. The van der Waals surface area contributed by atoms with E-state index in [2.05, 4.69) is 12.2 Å². The van der Waals surface area contributed by atoms with Gasteiger partial charge in [0.2, 0.25) is 17.7 Å². The van der Waals surface area contributed by atoms with E-state index in [1.54, 1.807) is 0 Å². The van der Waals surface area contributed by atoms with Crippen LogP contribution in [0, 0.1) is 11.8 Å². The van der Waals surface area contributed by atoms with E-state index >= 15 is 0 Å². The van der Waals surface area contributed by atoms with Crippen molar-refractivity contribution in [3.63, 3.8) is 0 Å². The van der Waals surface area contributed by atoms with E-state index in [0.717, 1.165) is 32.1 Å². The summed E-state index contributed by atoms with van der Waals surface area (Å²) in [5.41, 5.74) is 5.68. The van der Waals surface area contributed by atoms with Gasteiger partial charge < -0.3 is 15.8 Å². The predicted molar refractivity (Wildman–Crippen MR) is 94.0 cm³/mol. The molecule has 5 unspecified atom stereocenters. The van der Waals surface area contributed by atoms with Crippen LogP contribution in [0.4, 0.5) is 0 Å². The van der Waals surface area contributed by atoms with Crippen LogP contribution in [0.25, 0.3) is 0 Å². The van der Waals surface area contributed by atoms with E-state index < -0.39 is 0 Å². The molecule has 0 aliphatic carbocycles. The van der Waals surface area contributed by atoms with Crippen LogP contribution >= 0.6 is 12.4 Å². The van der Waals surface area contributed by atoms with Crippen molar-refractivity contribution in [1.29, 1.82) is 0 Å². The molecule has 2 bridgehead atoms. The molecular weight excluding hydrogens is 346 g/mol. The van der Waals surface area contributed by atoms with Crippen LogP contribution in [-0.4, -0.2) is 54.0 Å². The highest BCUT2D eigenvalue weighted by atomic mass is 35.5. The van der Waals surface area contributed by atoms with Crippen molar-refractivity contribution in [2.75, 3.05) is 13.1 Å². The Balaban J connectivity index is 0.00000225. The molecule has 0 spiro atoms. The summed E-state index contributed by atoms with van der Waals surface area (Å²) in [5, 5.41) is 2.90. The largest absolute Gasteiger partial charge is 0.373 e. The monoisotopic (exact) mass is 373 g/mol. The zero-order chi connectivity index (χ0) is 17.3. The second-order valence-corrected chi connectivity index (χ2v) is 7.06. The average molecular weight is 374 g/mol. The van der Waals surface area contributed by atoms with E-state index in [9.17, 15) is 14.4 Å². The minimum Gasteiger partial charge on any atom is -0.373 e. The third kappa shape index (κ3) is 3.83. The quantitative estimate of drug-likeness (QED) is 0.606. The van der Waals surface area contributed by atoms with Crippen molar-refractivity contribution in [1.82, 2.24) is 10.2 Å². The zero-order valence-electron chi connectivity index (χ0n) is 14.6. The molecule has 3 fully saturated rings. The summed E-state index contributed by atoms with van der Waals surface area (Å²) in [7, 11) is 0. The molecule has 0 radical (unpaired) electrons. The molecule has 0 aromatic heterocycles. The fraction of sp³-hybridized carbons (Fsp3) is 0.824. The van der Waals surface area contributed by atoms with Gasteiger partial charge in [-0.05, 0) is 19.3 Å². The fourth-order valence-electron chi connectivity index (χ4n) is 4.21. The van der Waals surface area contributed by atoms with Gasteiger partial charge in [-0.15, -0.1) is 12.4 Å². The number of nitrogens with one attached hydrogen (secondary N) is 1. The summed E-state index contributed by atoms with van der Waals surface area (Å²) in [6.07, 6.45) is 4.55. The summed E-state index contributed by atoms with van der Waals surface area (Å²) < 4.78 is 5.70. The Bertz CT molecular complexity index is 502. The molecule has 0 saturated carbocycles. The third-order valence-electron chi connectivity index (χ3n) is 5.49. The van der Waals surface area contributed by atoms with Crippen molar-refractivity contribution in [2.45, 2.75) is 63.7 Å². The van der Waals surface area contributed by atoms with Gasteiger partial charge >= 0.3 is 0 Å².